The molecule has 0 saturated heterocycles. The summed E-state index contributed by atoms with van der Waals surface area (Å²) >= 11 is 6.00. The molecule has 5 N–H and O–H groups in total. The quantitative estimate of drug-likeness (QED) is 0.439. The summed E-state index contributed by atoms with van der Waals surface area (Å²) in [7, 11) is 0. The van der Waals surface area contributed by atoms with Gasteiger partial charge in [-0.1, -0.05) is 11.6 Å². The van der Waals surface area contributed by atoms with E-state index in [0.29, 0.717) is 16.3 Å². The Kier molecular flexibility index (Phi) is 6.06. The number of rotatable bonds is 6. The van der Waals surface area contributed by atoms with Crippen LogP contribution in [-0.4, -0.2) is 16.2 Å². The van der Waals surface area contributed by atoms with Gasteiger partial charge >= 0.3 is 0 Å². The fraction of sp³-hybridized carbons (Fsp3) is 0.100. The molecule has 0 bridgehead atoms. The molecular weight excluding hydrogens is 379 g/mol. The van der Waals surface area contributed by atoms with Crippen molar-refractivity contribution in [2.45, 2.75) is 12.5 Å². The molecule has 3 aromatic rings. The number of halogens is 2. The van der Waals surface area contributed by atoms with Gasteiger partial charge in [-0.2, -0.15) is 5.26 Å². The Balaban J connectivity index is 1.90. The number of pyridine rings is 2. The normalized spacial score (nSPS) is 11.6. The Morgan fingerprint density at radius 1 is 1.29 bits per heavy atom. The van der Waals surface area contributed by atoms with Crippen molar-refractivity contribution in [3.8, 4) is 6.07 Å². The van der Waals surface area contributed by atoms with E-state index in [2.05, 4.69) is 9.97 Å². The largest absolute Gasteiger partial charge is 0.322 e. The molecule has 0 aliphatic carbocycles. The monoisotopic (exact) mass is 395 g/mol. The maximum Gasteiger partial charge on any atom is 0.158 e. The maximum atomic E-state index is 14.1. The Morgan fingerprint density at radius 3 is 2.86 bits per heavy atom. The summed E-state index contributed by atoms with van der Waals surface area (Å²) in [4.78, 5) is 8.37. The third-order valence-electron chi connectivity index (χ3n) is 4.18. The molecule has 28 heavy (non-hydrogen) atoms. The van der Waals surface area contributed by atoms with Crippen molar-refractivity contribution in [1.82, 2.24) is 9.97 Å². The molecular formula is C20H17ClFN6+. The van der Waals surface area contributed by atoms with E-state index < -0.39 is 11.9 Å². The Morgan fingerprint density at radius 2 is 2.11 bits per heavy atom. The zero-order valence-corrected chi connectivity index (χ0v) is 15.5. The van der Waals surface area contributed by atoms with E-state index in [-0.39, 0.29) is 17.8 Å². The molecule has 1 aromatic carbocycles. The molecule has 1 atom stereocenters. The number of nitrogens with two attached hydrogens (primary N) is 2. The lowest BCUT2D eigenvalue weighted by molar-refractivity contribution is -0.479. The lowest BCUT2D eigenvalue weighted by Crippen LogP contribution is -2.72. The van der Waals surface area contributed by atoms with Crippen LogP contribution in [0.25, 0.3) is 0 Å². The van der Waals surface area contributed by atoms with E-state index in [1.54, 1.807) is 24.4 Å². The molecule has 0 aliphatic rings. The van der Waals surface area contributed by atoms with E-state index in [4.69, 9.17) is 28.0 Å². The van der Waals surface area contributed by atoms with Crippen LogP contribution in [0.1, 0.15) is 28.7 Å². The summed E-state index contributed by atoms with van der Waals surface area (Å²) < 4.78 is 14.1. The summed E-state index contributed by atoms with van der Waals surface area (Å²) in [5, 5.41) is 18.9. The second-order valence-electron chi connectivity index (χ2n) is 6.09. The van der Waals surface area contributed by atoms with Crippen LogP contribution in [0.4, 0.5) is 15.8 Å². The standard InChI is InChI=1S/C20H16ClFN6/c21-13-3-6-17(12(8-13)10-23)28-18-2-1-7-26-20(18)16(25)9-19-15(22)5-4-14(11-24)27-19/h1-8,10,16,23,28H,9,25H2/p+1/t16-/m0/s1. The van der Waals surface area contributed by atoms with E-state index >= 15 is 0 Å². The number of aromatic nitrogens is 2. The topological polar surface area (TPSA) is 116 Å². The highest BCUT2D eigenvalue weighted by molar-refractivity contribution is 6.31. The predicted octanol–water partition coefficient (Wildman–Crippen LogP) is 2.91. The number of nitrogens with zero attached hydrogens (tertiary/aromatic N) is 3. The number of benzene rings is 1. The molecule has 0 radical (unpaired) electrons. The average molecular weight is 396 g/mol. The molecule has 0 fully saturated rings. The van der Waals surface area contributed by atoms with Gasteiger partial charge in [-0.05, 0) is 30.3 Å². The molecule has 0 unspecified atom stereocenters. The first-order valence-electron chi connectivity index (χ1n) is 8.42. The zero-order valence-electron chi connectivity index (χ0n) is 14.7. The van der Waals surface area contributed by atoms with E-state index in [9.17, 15) is 4.39 Å². The fourth-order valence-electron chi connectivity index (χ4n) is 2.83. The van der Waals surface area contributed by atoms with Gasteiger partial charge < -0.3 is 11.1 Å². The maximum absolute atomic E-state index is 14.1. The molecule has 0 amide bonds. The molecule has 0 spiro atoms. The minimum atomic E-state index is -0.626. The first kappa shape index (κ1) is 19.6. The number of nitriles is 1. The van der Waals surface area contributed by atoms with Crippen molar-refractivity contribution in [3.05, 3.63) is 82.1 Å². The summed E-state index contributed by atoms with van der Waals surface area (Å²) in [6.45, 7) is 0. The summed E-state index contributed by atoms with van der Waals surface area (Å²) in [5.74, 6) is -0.514. The van der Waals surface area contributed by atoms with Crippen LogP contribution in [0.3, 0.4) is 0 Å². The average Bonchev–Trinajstić information content (AvgIpc) is 2.71. The molecule has 140 valence electrons. The SMILES string of the molecule is N#Cc1ccc(F)c(C[C@H](N)c2ncccc2[NH2+]c2ccc(Cl)cc2C=N)n1. The van der Waals surface area contributed by atoms with Crippen LogP contribution in [0.5, 0.6) is 0 Å². The van der Waals surface area contributed by atoms with Gasteiger partial charge in [-0.15, -0.1) is 0 Å². The van der Waals surface area contributed by atoms with Gasteiger partial charge in [0, 0.05) is 36.0 Å². The van der Waals surface area contributed by atoms with Crippen LogP contribution in [-0.2, 0) is 6.42 Å². The van der Waals surface area contributed by atoms with Crippen molar-refractivity contribution in [3.63, 3.8) is 0 Å². The minimum Gasteiger partial charge on any atom is -0.322 e. The molecule has 2 heterocycles. The Labute approximate surface area is 166 Å². The lowest BCUT2D eigenvalue weighted by atomic mass is 10.0. The summed E-state index contributed by atoms with van der Waals surface area (Å²) in [5.41, 5.74) is 9.31. The molecule has 3 rings (SSSR count). The molecule has 2 aromatic heterocycles. The van der Waals surface area contributed by atoms with Gasteiger partial charge in [0.15, 0.2) is 5.69 Å². The first-order valence-corrected chi connectivity index (χ1v) is 8.80. The van der Waals surface area contributed by atoms with Gasteiger partial charge in [0.2, 0.25) is 0 Å². The highest BCUT2D eigenvalue weighted by Gasteiger charge is 2.20. The number of quaternary nitrogens is 1. The highest BCUT2D eigenvalue weighted by Crippen LogP contribution is 2.22. The molecule has 0 aliphatic heterocycles. The van der Waals surface area contributed by atoms with Crippen LogP contribution in [0, 0.1) is 22.6 Å². The van der Waals surface area contributed by atoms with Gasteiger partial charge in [0.1, 0.15) is 29.0 Å². The van der Waals surface area contributed by atoms with Crippen LogP contribution in [0.15, 0.2) is 48.7 Å². The van der Waals surface area contributed by atoms with Gasteiger partial charge in [0.25, 0.3) is 0 Å². The van der Waals surface area contributed by atoms with Crippen molar-refractivity contribution in [1.29, 1.82) is 10.7 Å². The van der Waals surface area contributed by atoms with Crippen molar-refractivity contribution >= 4 is 29.2 Å². The van der Waals surface area contributed by atoms with Crippen molar-refractivity contribution in [2.75, 3.05) is 0 Å². The highest BCUT2D eigenvalue weighted by atomic mass is 35.5. The smallest absolute Gasteiger partial charge is 0.158 e. The van der Waals surface area contributed by atoms with Gasteiger partial charge in [-0.25, -0.2) is 9.37 Å². The molecule has 6 nitrogen and oxygen atoms in total. The summed E-state index contributed by atoms with van der Waals surface area (Å²) in [6.07, 6.45) is 2.93. The molecule has 0 saturated carbocycles. The third-order valence-corrected chi connectivity index (χ3v) is 4.42. The van der Waals surface area contributed by atoms with Gasteiger partial charge in [0.05, 0.1) is 17.3 Å². The van der Waals surface area contributed by atoms with Crippen LogP contribution >= 0.6 is 11.6 Å². The first-order chi connectivity index (χ1) is 13.5. The number of hydrogen-bond acceptors (Lipinski definition) is 5. The minimum absolute atomic E-state index is 0.0945. The molecule has 8 heteroatoms. The van der Waals surface area contributed by atoms with Crippen LogP contribution < -0.4 is 11.1 Å². The fourth-order valence-corrected chi connectivity index (χ4v) is 3.01. The third kappa shape index (κ3) is 4.38. The second kappa shape index (κ2) is 8.67. The number of nitrogens with one attached hydrogen (secondary N) is 1. The van der Waals surface area contributed by atoms with E-state index in [0.717, 1.165) is 11.4 Å². The Bertz CT molecular complexity index is 1060. The van der Waals surface area contributed by atoms with Gasteiger partial charge in [-0.3, -0.25) is 10.3 Å². The van der Waals surface area contributed by atoms with E-state index in [1.807, 2.05) is 23.5 Å². The van der Waals surface area contributed by atoms with E-state index in [1.165, 1.54) is 18.3 Å². The Hall–Kier alpha value is -3.18. The number of hydrogen-bond donors (Lipinski definition) is 3. The predicted molar refractivity (Wildman–Crippen MR) is 104 cm³/mol. The zero-order chi connectivity index (χ0) is 20.1. The summed E-state index contributed by atoms with van der Waals surface area (Å²) in [6, 6.07) is 12.7. The second-order valence-corrected chi connectivity index (χ2v) is 6.52. The van der Waals surface area contributed by atoms with Crippen molar-refractivity contribution < 1.29 is 9.71 Å². The van der Waals surface area contributed by atoms with Crippen molar-refractivity contribution in [2.24, 2.45) is 5.73 Å². The lowest BCUT2D eigenvalue weighted by Gasteiger charge is -2.14. The van der Waals surface area contributed by atoms with Crippen LogP contribution in [0.2, 0.25) is 5.02 Å².